The highest BCUT2D eigenvalue weighted by molar-refractivity contribution is 9.11. The summed E-state index contributed by atoms with van der Waals surface area (Å²) in [5, 5.41) is 3.12. The van der Waals surface area contributed by atoms with Gasteiger partial charge in [-0.2, -0.15) is 4.98 Å². The Labute approximate surface area is 128 Å². The summed E-state index contributed by atoms with van der Waals surface area (Å²) >= 11 is 6.85. The van der Waals surface area contributed by atoms with Gasteiger partial charge in [0, 0.05) is 23.3 Å². The molecule has 1 aromatic carbocycles. The normalized spacial score (nSPS) is 10.3. The molecule has 0 radical (unpaired) electrons. The number of nitrogens with one attached hydrogen (secondary N) is 1. The Morgan fingerprint density at radius 2 is 2.11 bits per heavy atom. The number of rotatable bonds is 5. The van der Waals surface area contributed by atoms with Crippen LogP contribution in [0, 0.1) is 0 Å². The first kappa shape index (κ1) is 14.3. The van der Waals surface area contributed by atoms with Crippen LogP contribution in [0.3, 0.4) is 0 Å². The zero-order valence-electron chi connectivity index (χ0n) is 10.4. The molecule has 2 aromatic rings. The molecule has 2 rings (SSSR count). The van der Waals surface area contributed by atoms with Crippen molar-refractivity contribution in [3.63, 3.8) is 0 Å². The average Bonchev–Trinajstić information content (AvgIpc) is 2.40. The molecule has 0 fully saturated rings. The van der Waals surface area contributed by atoms with E-state index in [1.807, 2.05) is 18.2 Å². The van der Waals surface area contributed by atoms with E-state index < -0.39 is 0 Å². The van der Waals surface area contributed by atoms with Gasteiger partial charge in [0.1, 0.15) is 5.75 Å². The van der Waals surface area contributed by atoms with Crippen LogP contribution in [0.1, 0.15) is 13.3 Å². The van der Waals surface area contributed by atoms with Gasteiger partial charge in [0.15, 0.2) is 0 Å². The third-order valence-corrected chi connectivity index (χ3v) is 3.38. The van der Waals surface area contributed by atoms with Crippen molar-refractivity contribution in [1.29, 1.82) is 0 Å². The van der Waals surface area contributed by atoms with Crippen molar-refractivity contribution in [2.45, 2.75) is 13.3 Å². The molecule has 0 aliphatic rings. The molecule has 0 aliphatic carbocycles. The minimum absolute atomic E-state index is 0.511. The minimum atomic E-state index is 0.511. The fourth-order valence-electron chi connectivity index (χ4n) is 1.39. The van der Waals surface area contributed by atoms with Crippen molar-refractivity contribution in [3.8, 4) is 11.6 Å². The topological polar surface area (TPSA) is 47.0 Å². The third-order valence-electron chi connectivity index (χ3n) is 2.27. The summed E-state index contributed by atoms with van der Waals surface area (Å²) < 4.78 is 7.58. The molecular weight excluding hydrogens is 374 g/mol. The van der Waals surface area contributed by atoms with Crippen molar-refractivity contribution in [3.05, 3.63) is 39.4 Å². The van der Waals surface area contributed by atoms with E-state index in [1.54, 1.807) is 12.3 Å². The molecule has 0 spiro atoms. The maximum absolute atomic E-state index is 5.73. The summed E-state index contributed by atoms with van der Waals surface area (Å²) in [6.07, 6.45) is 2.69. The van der Waals surface area contributed by atoms with Gasteiger partial charge in [-0.05, 0) is 40.5 Å². The van der Waals surface area contributed by atoms with E-state index in [4.69, 9.17) is 4.74 Å². The van der Waals surface area contributed by atoms with E-state index in [1.165, 1.54) is 0 Å². The number of aromatic nitrogens is 2. The molecule has 19 heavy (non-hydrogen) atoms. The van der Waals surface area contributed by atoms with Crippen molar-refractivity contribution in [2.75, 3.05) is 11.9 Å². The standard InChI is InChI=1S/C13H13Br2N3O/c1-2-6-16-13-17-7-5-12(18-13)19-11-4-3-9(14)8-10(11)15/h3-5,7-8H,2,6H2,1H3,(H,16,17,18). The first-order chi connectivity index (χ1) is 9.19. The summed E-state index contributed by atoms with van der Waals surface area (Å²) in [6, 6.07) is 7.44. The lowest BCUT2D eigenvalue weighted by atomic mass is 10.3. The van der Waals surface area contributed by atoms with Crippen molar-refractivity contribution >= 4 is 37.8 Å². The molecule has 0 bridgehead atoms. The highest BCUT2D eigenvalue weighted by Gasteiger charge is 2.05. The maximum atomic E-state index is 5.73. The second kappa shape index (κ2) is 6.86. The van der Waals surface area contributed by atoms with Gasteiger partial charge in [0.25, 0.3) is 0 Å². The molecule has 0 atom stereocenters. The Bertz CT molecular complexity index is 563. The van der Waals surface area contributed by atoms with E-state index >= 15 is 0 Å². The molecule has 1 N–H and O–H groups in total. The first-order valence-electron chi connectivity index (χ1n) is 5.89. The number of ether oxygens (including phenoxy) is 1. The second-order valence-corrected chi connectivity index (χ2v) is 5.59. The first-order valence-corrected chi connectivity index (χ1v) is 7.47. The van der Waals surface area contributed by atoms with Crippen molar-refractivity contribution in [2.24, 2.45) is 0 Å². The van der Waals surface area contributed by atoms with Gasteiger partial charge in [-0.3, -0.25) is 0 Å². The summed E-state index contributed by atoms with van der Waals surface area (Å²) in [6.45, 7) is 2.93. The van der Waals surface area contributed by atoms with Gasteiger partial charge in [0.05, 0.1) is 4.47 Å². The molecule has 0 saturated heterocycles. The second-order valence-electron chi connectivity index (χ2n) is 3.82. The van der Waals surface area contributed by atoms with Crippen LogP contribution in [-0.4, -0.2) is 16.5 Å². The number of benzene rings is 1. The predicted octanol–water partition coefficient (Wildman–Crippen LogP) is 4.62. The molecular formula is C13H13Br2N3O. The van der Waals surface area contributed by atoms with Crippen LogP contribution in [-0.2, 0) is 0 Å². The van der Waals surface area contributed by atoms with Crippen LogP contribution < -0.4 is 10.1 Å². The molecule has 1 aromatic heterocycles. The Hall–Kier alpha value is -1.14. The van der Waals surface area contributed by atoms with E-state index in [2.05, 4.69) is 54.1 Å². The largest absolute Gasteiger partial charge is 0.438 e. The Balaban J connectivity index is 2.14. The summed E-state index contributed by atoms with van der Waals surface area (Å²) in [4.78, 5) is 8.43. The zero-order valence-corrected chi connectivity index (χ0v) is 13.5. The quantitative estimate of drug-likeness (QED) is 0.814. The van der Waals surface area contributed by atoms with Gasteiger partial charge < -0.3 is 10.1 Å². The lowest BCUT2D eigenvalue weighted by Crippen LogP contribution is -2.04. The number of anilines is 1. The molecule has 6 heteroatoms. The van der Waals surface area contributed by atoms with E-state index in [0.717, 1.165) is 21.9 Å². The van der Waals surface area contributed by atoms with Gasteiger partial charge in [-0.15, -0.1) is 0 Å². The molecule has 0 unspecified atom stereocenters. The highest BCUT2D eigenvalue weighted by atomic mass is 79.9. The maximum Gasteiger partial charge on any atom is 0.225 e. The monoisotopic (exact) mass is 385 g/mol. The Morgan fingerprint density at radius 1 is 1.26 bits per heavy atom. The summed E-state index contributed by atoms with van der Waals surface area (Å²) in [5.41, 5.74) is 0. The lowest BCUT2D eigenvalue weighted by molar-refractivity contribution is 0.459. The van der Waals surface area contributed by atoms with Gasteiger partial charge in [-0.1, -0.05) is 22.9 Å². The van der Waals surface area contributed by atoms with E-state index in [0.29, 0.717) is 17.6 Å². The molecule has 0 saturated carbocycles. The lowest BCUT2D eigenvalue weighted by Gasteiger charge is -2.08. The van der Waals surface area contributed by atoms with Crippen LogP contribution in [0.2, 0.25) is 0 Å². The van der Waals surface area contributed by atoms with E-state index in [9.17, 15) is 0 Å². The van der Waals surface area contributed by atoms with Crippen LogP contribution in [0.5, 0.6) is 11.6 Å². The zero-order chi connectivity index (χ0) is 13.7. The van der Waals surface area contributed by atoms with Crippen LogP contribution in [0.4, 0.5) is 5.95 Å². The average molecular weight is 387 g/mol. The minimum Gasteiger partial charge on any atom is -0.438 e. The number of hydrogen-bond acceptors (Lipinski definition) is 4. The van der Waals surface area contributed by atoms with Crippen molar-refractivity contribution in [1.82, 2.24) is 9.97 Å². The third kappa shape index (κ3) is 4.18. The molecule has 0 amide bonds. The van der Waals surface area contributed by atoms with Crippen LogP contribution in [0.15, 0.2) is 39.4 Å². The molecule has 4 nitrogen and oxygen atoms in total. The Kier molecular flexibility index (Phi) is 5.15. The van der Waals surface area contributed by atoms with Gasteiger partial charge in [0.2, 0.25) is 11.8 Å². The molecule has 1 heterocycles. The van der Waals surface area contributed by atoms with E-state index in [-0.39, 0.29) is 0 Å². The number of halogens is 2. The van der Waals surface area contributed by atoms with Gasteiger partial charge >= 0.3 is 0 Å². The summed E-state index contributed by atoms with van der Waals surface area (Å²) in [7, 11) is 0. The number of nitrogens with zero attached hydrogens (tertiary/aromatic N) is 2. The van der Waals surface area contributed by atoms with Crippen LogP contribution >= 0.6 is 31.9 Å². The fraction of sp³-hybridized carbons (Fsp3) is 0.231. The fourth-order valence-corrected chi connectivity index (χ4v) is 2.52. The van der Waals surface area contributed by atoms with Crippen LogP contribution in [0.25, 0.3) is 0 Å². The SMILES string of the molecule is CCCNc1nccc(Oc2ccc(Br)cc2Br)n1. The highest BCUT2D eigenvalue weighted by Crippen LogP contribution is 2.31. The predicted molar refractivity (Wildman–Crippen MR) is 82.7 cm³/mol. The molecule has 0 aliphatic heterocycles. The molecule has 100 valence electrons. The smallest absolute Gasteiger partial charge is 0.225 e. The van der Waals surface area contributed by atoms with Gasteiger partial charge in [-0.25, -0.2) is 4.98 Å². The van der Waals surface area contributed by atoms with Crippen molar-refractivity contribution < 1.29 is 4.74 Å². The Morgan fingerprint density at radius 3 is 2.84 bits per heavy atom. The summed E-state index contributed by atoms with van der Waals surface area (Å²) in [5.74, 6) is 1.80. The number of hydrogen-bond donors (Lipinski definition) is 1.